The maximum atomic E-state index is 5.35. The number of hydrogen-bond donors (Lipinski definition) is 1. The molecule has 0 aromatic heterocycles. The first-order valence-corrected chi connectivity index (χ1v) is 6.67. The van der Waals surface area contributed by atoms with Crippen molar-refractivity contribution in [2.75, 3.05) is 13.7 Å². The summed E-state index contributed by atoms with van der Waals surface area (Å²) in [4.78, 5) is 0. The van der Waals surface area contributed by atoms with Crippen LogP contribution in [0.3, 0.4) is 0 Å². The Hall–Kier alpha value is -1.02. The molecular weight excluding hydrogens is 210 g/mol. The summed E-state index contributed by atoms with van der Waals surface area (Å²) in [6, 6.07) is 8.91. The van der Waals surface area contributed by atoms with E-state index >= 15 is 0 Å². The van der Waals surface area contributed by atoms with E-state index in [9.17, 15) is 0 Å². The fourth-order valence-electron chi connectivity index (χ4n) is 2.12. The van der Waals surface area contributed by atoms with Crippen molar-refractivity contribution in [2.45, 2.75) is 45.6 Å². The van der Waals surface area contributed by atoms with E-state index in [0.717, 1.165) is 18.7 Å². The Morgan fingerprint density at radius 2 is 2.00 bits per heavy atom. The zero-order chi connectivity index (χ0) is 12.5. The summed E-state index contributed by atoms with van der Waals surface area (Å²) in [5.41, 5.74) is 1.29. The highest BCUT2D eigenvalue weighted by Crippen LogP contribution is 2.17. The summed E-state index contributed by atoms with van der Waals surface area (Å²) in [5, 5.41) is 3.61. The van der Waals surface area contributed by atoms with Gasteiger partial charge < -0.3 is 10.1 Å². The predicted octanol–water partition coefficient (Wildman–Crippen LogP) is 3.41. The Bertz CT molecular complexity index is 312. The number of nitrogens with one attached hydrogen (secondary N) is 1. The zero-order valence-corrected chi connectivity index (χ0v) is 11.3. The van der Waals surface area contributed by atoms with Crippen LogP contribution in [0.1, 0.15) is 38.7 Å². The molecule has 1 N–H and O–H groups in total. The Labute approximate surface area is 105 Å². The SMILES string of the molecule is CCCC(CC)NCCc1ccccc1OC. The first kappa shape index (κ1) is 14.0. The molecule has 0 aliphatic carbocycles. The number of ether oxygens (including phenoxy) is 1. The second kappa shape index (κ2) is 8.13. The molecule has 1 aromatic carbocycles. The van der Waals surface area contributed by atoms with Crippen LogP contribution in [0.2, 0.25) is 0 Å². The van der Waals surface area contributed by atoms with Crippen LogP contribution < -0.4 is 10.1 Å². The molecule has 0 fully saturated rings. The van der Waals surface area contributed by atoms with Gasteiger partial charge in [0.1, 0.15) is 5.75 Å². The average molecular weight is 235 g/mol. The Morgan fingerprint density at radius 3 is 2.65 bits per heavy atom. The molecule has 0 aliphatic rings. The third-order valence-corrected chi connectivity index (χ3v) is 3.15. The Balaban J connectivity index is 2.39. The smallest absolute Gasteiger partial charge is 0.122 e. The molecule has 1 rings (SSSR count). The maximum Gasteiger partial charge on any atom is 0.122 e. The van der Waals surface area contributed by atoms with Crippen molar-refractivity contribution >= 4 is 0 Å². The van der Waals surface area contributed by atoms with Crippen LogP contribution in [0.5, 0.6) is 5.75 Å². The van der Waals surface area contributed by atoms with Gasteiger partial charge in [-0.1, -0.05) is 38.5 Å². The second-order valence-electron chi connectivity index (χ2n) is 4.41. The minimum absolute atomic E-state index is 0.662. The molecule has 17 heavy (non-hydrogen) atoms. The van der Waals surface area contributed by atoms with Crippen molar-refractivity contribution in [1.29, 1.82) is 0 Å². The summed E-state index contributed by atoms with van der Waals surface area (Å²) >= 11 is 0. The standard InChI is InChI=1S/C15H25NO/c1-4-8-14(5-2)16-12-11-13-9-6-7-10-15(13)17-3/h6-7,9-10,14,16H,4-5,8,11-12H2,1-3H3. The second-order valence-corrected chi connectivity index (χ2v) is 4.41. The molecule has 0 spiro atoms. The highest BCUT2D eigenvalue weighted by molar-refractivity contribution is 5.33. The van der Waals surface area contributed by atoms with Crippen LogP contribution in [0.4, 0.5) is 0 Å². The van der Waals surface area contributed by atoms with Crippen molar-refractivity contribution in [3.63, 3.8) is 0 Å². The molecule has 0 saturated heterocycles. The number of hydrogen-bond acceptors (Lipinski definition) is 2. The van der Waals surface area contributed by atoms with Gasteiger partial charge in [0, 0.05) is 6.04 Å². The van der Waals surface area contributed by atoms with Gasteiger partial charge in [0.05, 0.1) is 7.11 Å². The summed E-state index contributed by atoms with van der Waals surface area (Å²) in [6.45, 7) is 5.51. The van der Waals surface area contributed by atoms with Crippen molar-refractivity contribution in [1.82, 2.24) is 5.32 Å². The van der Waals surface area contributed by atoms with Crippen LogP contribution in [0.15, 0.2) is 24.3 Å². The van der Waals surface area contributed by atoms with E-state index in [4.69, 9.17) is 4.74 Å². The molecule has 0 bridgehead atoms. The first-order valence-electron chi connectivity index (χ1n) is 6.67. The zero-order valence-electron chi connectivity index (χ0n) is 11.3. The first-order chi connectivity index (χ1) is 8.31. The highest BCUT2D eigenvalue weighted by atomic mass is 16.5. The van der Waals surface area contributed by atoms with Gasteiger partial charge in [-0.2, -0.15) is 0 Å². The molecule has 2 nitrogen and oxygen atoms in total. The number of rotatable bonds is 8. The third-order valence-electron chi connectivity index (χ3n) is 3.15. The van der Waals surface area contributed by atoms with Crippen molar-refractivity contribution in [3.05, 3.63) is 29.8 Å². The molecule has 2 heteroatoms. The fraction of sp³-hybridized carbons (Fsp3) is 0.600. The van der Waals surface area contributed by atoms with Crippen LogP contribution in [0, 0.1) is 0 Å². The molecule has 1 unspecified atom stereocenters. The van der Waals surface area contributed by atoms with E-state index in [2.05, 4.69) is 31.3 Å². The van der Waals surface area contributed by atoms with E-state index in [1.54, 1.807) is 7.11 Å². The van der Waals surface area contributed by atoms with E-state index in [1.807, 2.05) is 12.1 Å². The minimum Gasteiger partial charge on any atom is -0.496 e. The lowest BCUT2D eigenvalue weighted by Gasteiger charge is -2.16. The van der Waals surface area contributed by atoms with Gasteiger partial charge in [0.15, 0.2) is 0 Å². The molecule has 1 atom stereocenters. The normalized spacial score (nSPS) is 12.4. The van der Waals surface area contributed by atoms with E-state index in [1.165, 1.54) is 24.8 Å². The van der Waals surface area contributed by atoms with Crippen molar-refractivity contribution in [2.24, 2.45) is 0 Å². The van der Waals surface area contributed by atoms with Gasteiger partial charge in [-0.3, -0.25) is 0 Å². The quantitative estimate of drug-likeness (QED) is 0.745. The van der Waals surface area contributed by atoms with Crippen molar-refractivity contribution < 1.29 is 4.74 Å². The molecule has 0 aliphatic heterocycles. The molecule has 96 valence electrons. The summed E-state index contributed by atoms with van der Waals surface area (Å²) in [6.07, 6.45) is 4.76. The van der Waals surface area contributed by atoms with Gasteiger partial charge in [0.25, 0.3) is 0 Å². The number of methoxy groups -OCH3 is 1. The lowest BCUT2D eigenvalue weighted by Crippen LogP contribution is -2.30. The van der Waals surface area contributed by atoms with E-state index < -0.39 is 0 Å². The molecule has 0 heterocycles. The fourth-order valence-corrected chi connectivity index (χ4v) is 2.12. The molecule has 1 aromatic rings. The minimum atomic E-state index is 0.662. The Morgan fingerprint density at radius 1 is 1.24 bits per heavy atom. The maximum absolute atomic E-state index is 5.35. The van der Waals surface area contributed by atoms with E-state index in [0.29, 0.717) is 6.04 Å². The van der Waals surface area contributed by atoms with Gasteiger partial charge in [-0.15, -0.1) is 0 Å². The summed E-state index contributed by atoms with van der Waals surface area (Å²) in [7, 11) is 1.73. The van der Waals surface area contributed by atoms with Crippen molar-refractivity contribution in [3.8, 4) is 5.75 Å². The van der Waals surface area contributed by atoms with Crippen LogP contribution in [0.25, 0.3) is 0 Å². The van der Waals surface area contributed by atoms with Gasteiger partial charge in [-0.05, 0) is 37.4 Å². The molecule has 0 radical (unpaired) electrons. The van der Waals surface area contributed by atoms with Crippen LogP contribution in [-0.2, 0) is 6.42 Å². The summed E-state index contributed by atoms with van der Waals surface area (Å²) in [5.74, 6) is 0.998. The molecule has 0 amide bonds. The third kappa shape index (κ3) is 4.78. The predicted molar refractivity (Wildman–Crippen MR) is 73.7 cm³/mol. The largest absolute Gasteiger partial charge is 0.496 e. The monoisotopic (exact) mass is 235 g/mol. The Kier molecular flexibility index (Phi) is 6.71. The lowest BCUT2D eigenvalue weighted by atomic mass is 10.1. The van der Waals surface area contributed by atoms with Crippen LogP contribution >= 0.6 is 0 Å². The molecule has 0 saturated carbocycles. The average Bonchev–Trinajstić information content (AvgIpc) is 2.38. The van der Waals surface area contributed by atoms with Gasteiger partial charge >= 0.3 is 0 Å². The van der Waals surface area contributed by atoms with Gasteiger partial charge in [-0.25, -0.2) is 0 Å². The van der Waals surface area contributed by atoms with E-state index in [-0.39, 0.29) is 0 Å². The lowest BCUT2D eigenvalue weighted by molar-refractivity contribution is 0.407. The highest BCUT2D eigenvalue weighted by Gasteiger charge is 2.05. The number of para-hydroxylation sites is 1. The topological polar surface area (TPSA) is 21.3 Å². The molecular formula is C15H25NO. The van der Waals surface area contributed by atoms with Crippen LogP contribution in [-0.4, -0.2) is 19.7 Å². The summed E-state index contributed by atoms with van der Waals surface area (Å²) < 4.78 is 5.35. The van der Waals surface area contributed by atoms with Gasteiger partial charge in [0.2, 0.25) is 0 Å². The number of benzene rings is 1.